The fourth-order valence-corrected chi connectivity index (χ4v) is 4.95. The predicted octanol–water partition coefficient (Wildman–Crippen LogP) is 4.58. The third kappa shape index (κ3) is 6.62. The number of hydrogen-bond donors (Lipinski definition) is 1. The molecule has 4 rings (SSSR count). The molecular formula is C26H33Cl2N3O5. The number of nitrogens with one attached hydrogen (secondary N) is 1. The van der Waals surface area contributed by atoms with Gasteiger partial charge in [-0.05, 0) is 64.1 Å². The van der Waals surface area contributed by atoms with Gasteiger partial charge in [0.05, 0.1) is 23.8 Å². The third-order valence-corrected chi connectivity index (χ3v) is 6.59. The molecule has 0 bridgehead atoms. The van der Waals surface area contributed by atoms with Crippen LogP contribution in [0.4, 0.5) is 5.69 Å². The molecule has 0 radical (unpaired) electrons. The van der Waals surface area contributed by atoms with Crippen molar-refractivity contribution in [3.8, 4) is 5.75 Å². The van der Waals surface area contributed by atoms with Crippen LogP contribution < -0.4 is 15.1 Å². The maximum absolute atomic E-state index is 11.0. The van der Waals surface area contributed by atoms with Gasteiger partial charge in [0.2, 0.25) is 6.41 Å². The fraction of sp³-hybridized carbons (Fsp3) is 0.500. The molecule has 0 saturated carbocycles. The van der Waals surface area contributed by atoms with Gasteiger partial charge in [0, 0.05) is 29.4 Å². The number of ether oxygens (including phenoxy) is 4. The van der Waals surface area contributed by atoms with E-state index in [4.69, 9.17) is 42.1 Å². The molecule has 2 aliphatic rings. The molecule has 196 valence electrons. The summed E-state index contributed by atoms with van der Waals surface area (Å²) in [5.41, 5.74) is 4.20. The Labute approximate surface area is 222 Å². The molecule has 8 nitrogen and oxygen atoms in total. The van der Waals surface area contributed by atoms with Gasteiger partial charge in [-0.3, -0.25) is 10.2 Å². The molecule has 3 atom stereocenters. The van der Waals surface area contributed by atoms with E-state index in [0.717, 1.165) is 23.5 Å². The van der Waals surface area contributed by atoms with E-state index in [-0.39, 0.29) is 17.9 Å². The van der Waals surface area contributed by atoms with Crippen LogP contribution >= 0.6 is 23.2 Å². The maximum atomic E-state index is 11.0. The predicted molar refractivity (Wildman–Crippen MR) is 139 cm³/mol. The lowest BCUT2D eigenvalue weighted by Crippen LogP contribution is -2.60. The summed E-state index contributed by atoms with van der Waals surface area (Å²) >= 11 is 12.4. The second kappa shape index (κ2) is 11.1. The number of carbonyl (C=O) groups is 1. The van der Waals surface area contributed by atoms with Gasteiger partial charge in [0.15, 0.2) is 5.79 Å². The summed E-state index contributed by atoms with van der Waals surface area (Å²) in [7, 11) is 0. The van der Waals surface area contributed by atoms with Gasteiger partial charge in [0.1, 0.15) is 24.7 Å². The Bertz CT molecular complexity index is 1050. The molecule has 0 aromatic heterocycles. The third-order valence-electron chi connectivity index (χ3n) is 6.04. The van der Waals surface area contributed by atoms with Gasteiger partial charge < -0.3 is 23.8 Å². The van der Waals surface area contributed by atoms with Gasteiger partial charge in [-0.1, -0.05) is 29.3 Å². The van der Waals surface area contributed by atoms with Crippen molar-refractivity contribution in [2.45, 2.75) is 51.4 Å². The van der Waals surface area contributed by atoms with Gasteiger partial charge in [-0.2, -0.15) is 5.01 Å². The zero-order valence-electron chi connectivity index (χ0n) is 21.0. The second-order valence-electron chi connectivity index (χ2n) is 10.00. The van der Waals surface area contributed by atoms with E-state index in [1.54, 1.807) is 12.1 Å². The summed E-state index contributed by atoms with van der Waals surface area (Å²) < 4.78 is 24.2. The Hall–Kier alpha value is -2.07. The van der Waals surface area contributed by atoms with Crippen molar-refractivity contribution in [1.29, 1.82) is 0 Å². The molecule has 36 heavy (non-hydrogen) atoms. The lowest BCUT2D eigenvalue weighted by atomic mass is 10.1. The molecule has 2 heterocycles. The molecule has 1 amide bonds. The second-order valence-corrected chi connectivity index (χ2v) is 10.8. The van der Waals surface area contributed by atoms with E-state index in [9.17, 15) is 4.79 Å². The molecule has 2 fully saturated rings. The number of piperazine rings is 1. The molecule has 0 spiro atoms. The average molecular weight is 538 g/mol. The number of carbonyl (C=O) groups excluding carboxylic acids is 1. The van der Waals surface area contributed by atoms with Crippen molar-refractivity contribution in [3.63, 3.8) is 0 Å². The van der Waals surface area contributed by atoms with Crippen molar-refractivity contribution in [2.24, 2.45) is 0 Å². The van der Waals surface area contributed by atoms with Crippen molar-refractivity contribution < 1.29 is 23.7 Å². The number of benzene rings is 2. The fourth-order valence-electron chi connectivity index (χ4n) is 4.37. The number of anilines is 1. The van der Waals surface area contributed by atoms with Crippen molar-refractivity contribution >= 4 is 35.3 Å². The summed E-state index contributed by atoms with van der Waals surface area (Å²) in [6.07, 6.45) is 0.185. The zero-order valence-corrected chi connectivity index (χ0v) is 22.5. The highest BCUT2D eigenvalue weighted by molar-refractivity contribution is 6.35. The minimum Gasteiger partial charge on any atom is -0.491 e. The first-order valence-corrected chi connectivity index (χ1v) is 12.7. The number of nitrogens with zero attached hydrogens (tertiary/aromatic N) is 2. The van der Waals surface area contributed by atoms with Crippen molar-refractivity contribution in [2.75, 3.05) is 37.7 Å². The number of hydrazine groups is 1. The SMILES string of the molecule is CC(C)(C)OC1CN(c2ccc(OC[C@@H]3CO[C@](C)(c4ccc(Cl)cc4Cl)O3)cc2)CCN1NC=O. The Morgan fingerprint density at radius 2 is 1.92 bits per heavy atom. The van der Waals surface area contributed by atoms with Crippen LogP contribution in [0.1, 0.15) is 33.3 Å². The molecule has 2 aliphatic heterocycles. The molecule has 2 aromatic rings. The number of rotatable bonds is 8. The van der Waals surface area contributed by atoms with Crippen LogP contribution in [0.3, 0.4) is 0 Å². The van der Waals surface area contributed by atoms with E-state index < -0.39 is 5.79 Å². The summed E-state index contributed by atoms with van der Waals surface area (Å²) in [6.45, 7) is 10.6. The van der Waals surface area contributed by atoms with Gasteiger partial charge >= 0.3 is 0 Å². The quantitative estimate of drug-likeness (QED) is 0.494. The molecule has 2 saturated heterocycles. The van der Waals surface area contributed by atoms with E-state index in [2.05, 4.69) is 10.3 Å². The minimum atomic E-state index is -0.952. The Kier molecular flexibility index (Phi) is 8.34. The van der Waals surface area contributed by atoms with Crippen LogP contribution in [0, 0.1) is 0 Å². The summed E-state index contributed by atoms with van der Waals surface area (Å²) in [5.74, 6) is -0.212. The molecule has 10 heteroatoms. The van der Waals surface area contributed by atoms with Gasteiger partial charge in [-0.15, -0.1) is 0 Å². The van der Waals surface area contributed by atoms with E-state index >= 15 is 0 Å². The Morgan fingerprint density at radius 3 is 2.58 bits per heavy atom. The first kappa shape index (κ1) is 27.0. The highest BCUT2D eigenvalue weighted by Crippen LogP contribution is 2.38. The summed E-state index contributed by atoms with van der Waals surface area (Å²) in [6, 6.07) is 13.2. The molecule has 1 unspecified atom stereocenters. The van der Waals surface area contributed by atoms with Crippen LogP contribution in [-0.2, 0) is 24.8 Å². The highest BCUT2D eigenvalue weighted by Gasteiger charge is 2.40. The molecule has 2 aromatic carbocycles. The van der Waals surface area contributed by atoms with Crippen LogP contribution in [0.25, 0.3) is 0 Å². The first-order valence-electron chi connectivity index (χ1n) is 12.0. The zero-order chi connectivity index (χ0) is 25.9. The largest absolute Gasteiger partial charge is 0.491 e. The highest BCUT2D eigenvalue weighted by atomic mass is 35.5. The standard InChI is InChI=1S/C26H33Cl2N3O5/c1-25(2,3)36-24-14-30(11-12-31(24)29-17-32)19-6-8-20(9-7-19)33-15-21-16-34-26(4,35-21)22-10-5-18(27)13-23(22)28/h5-10,13,17,21,24H,11-12,14-16H2,1-4H3,(H,29,32)/t21-,24?,26+/m1/s1. The topological polar surface area (TPSA) is 72.5 Å². The Morgan fingerprint density at radius 1 is 1.17 bits per heavy atom. The summed E-state index contributed by atoms with van der Waals surface area (Å²) in [5, 5.41) is 2.89. The normalized spacial score (nSPS) is 25.1. The number of amides is 1. The van der Waals surface area contributed by atoms with Crippen molar-refractivity contribution in [3.05, 3.63) is 58.1 Å². The number of halogens is 2. The van der Waals surface area contributed by atoms with E-state index in [1.165, 1.54) is 0 Å². The minimum absolute atomic E-state index is 0.241. The van der Waals surface area contributed by atoms with Crippen LogP contribution in [0.5, 0.6) is 5.75 Å². The van der Waals surface area contributed by atoms with Crippen LogP contribution in [-0.4, -0.2) is 62.2 Å². The monoisotopic (exact) mass is 537 g/mol. The lowest BCUT2D eigenvalue weighted by molar-refractivity contribution is -0.164. The van der Waals surface area contributed by atoms with Crippen molar-refractivity contribution in [1.82, 2.24) is 10.4 Å². The Balaban J connectivity index is 1.32. The van der Waals surface area contributed by atoms with E-state index in [1.807, 2.05) is 63.0 Å². The molecule has 1 N–H and O–H groups in total. The van der Waals surface area contributed by atoms with Crippen LogP contribution in [0.2, 0.25) is 10.0 Å². The number of hydrogen-bond acceptors (Lipinski definition) is 7. The smallest absolute Gasteiger partial charge is 0.221 e. The maximum Gasteiger partial charge on any atom is 0.221 e. The molecular weight excluding hydrogens is 505 g/mol. The van der Waals surface area contributed by atoms with Gasteiger partial charge in [0.25, 0.3) is 0 Å². The van der Waals surface area contributed by atoms with Crippen LogP contribution in [0.15, 0.2) is 42.5 Å². The van der Waals surface area contributed by atoms with E-state index in [0.29, 0.717) is 42.8 Å². The summed E-state index contributed by atoms with van der Waals surface area (Å²) in [4.78, 5) is 13.2. The first-order chi connectivity index (χ1) is 17.1. The molecule has 0 aliphatic carbocycles. The average Bonchev–Trinajstić information content (AvgIpc) is 3.20. The van der Waals surface area contributed by atoms with Gasteiger partial charge in [-0.25, -0.2) is 0 Å². The lowest BCUT2D eigenvalue weighted by Gasteiger charge is -2.43.